The van der Waals surface area contributed by atoms with Gasteiger partial charge in [0.1, 0.15) is 18.9 Å². The molecule has 7 nitrogen and oxygen atoms in total. The fourth-order valence-electron chi connectivity index (χ4n) is 2.90. The number of fused-ring (bicyclic) bond motifs is 1. The summed E-state index contributed by atoms with van der Waals surface area (Å²) in [5, 5.41) is 11.3. The van der Waals surface area contributed by atoms with Gasteiger partial charge in [-0.15, -0.1) is 0 Å². The van der Waals surface area contributed by atoms with Crippen molar-refractivity contribution in [2.75, 3.05) is 31.2 Å². The number of anilines is 1. The van der Waals surface area contributed by atoms with E-state index in [4.69, 9.17) is 15.2 Å². The van der Waals surface area contributed by atoms with Crippen molar-refractivity contribution >= 4 is 11.4 Å². The van der Waals surface area contributed by atoms with E-state index in [9.17, 15) is 10.1 Å². The lowest BCUT2D eigenvalue weighted by molar-refractivity contribution is -0.384. The Balaban J connectivity index is 1.95. The van der Waals surface area contributed by atoms with E-state index in [1.165, 1.54) is 6.07 Å². The Bertz CT molecular complexity index is 561. The molecular formula is C14H19N3O4. The van der Waals surface area contributed by atoms with Gasteiger partial charge in [0.2, 0.25) is 0 Å². The Labute approximate surface area is 122 Å². The van der Waals surface area contributed by atoms with Gasteiger partial charge in [0.15, 0.2) is 11.5 Å². The summed E-state index contributed by atoms with van der Waals surface area (Å²) in [7, 11) is 0. The molecular weight excluding hydrogens is 274 g/mol. The van der Waals surface area contributed by atoms with E-state index in [2.05, 4.69) is 0 Å². The standard InChI is InChI=1S/C14H19N3O4/c1-9(15)10-2-3-16(8-10)11-6-13-14(21-5-4-20-13)7-12(11)17(18)19/h6-7,9-10H,2-5,8,15H2,1H3. The van der Waals surface area contributed by atoms with Gasteiger partial charge >= 0.3 is 0 Å². The zero-order valence-corrected chi connectivity index (χ0v) is 11.9. The van der Waals surface area contributed by atoms with Gasteiger partial charge in [0.25, 0.3) is 5.69 Å². The fourth-order valence-corrected chi connectivity index (χ4v) is 2.90. The SMILES string of the molecule is CC(N)C1CCN(c2cc3c(cc2[N+](=O)[O-])OCCO3)C1. The molecule has 3 rings (SSSR count). The molecule has 0 radical (unpaired) electrons. The smallest absolute Gasteiger partial charge is 0.296 e. The summed E-state index contributed by atoms with van der Waals surface area (Å²) >= 11 is 0. The third kappa shape index (κ3) is 2.61. The number of nitrogens with zero attached hydrogens (tertiary/aromatic N) is 2. The van der Waals surface area contributed by atoms with Crippen molar-refractivity contribution in [1.29, 1.82) is 0 Å². The van der Waals surface area contributed by atoms with Gasteiger partial charge in [-0.3, -0.25) is 10.1 Å². The number of rotatable bonds is 3. The largest absolute Gasteiger partial charge is 0.486 e. The maximum atomic E-state index is 11.3. The molecule has 2 aliphatic heterocycles. The lowest BCUT2D eigenvalue weighted by atomic mass is 10.0. The van der Waals surface area contributed by atoms with Crippen LogP contribution in [0, 0.1) is 16.0 Å². The molecule has 0 aromatic heterocycles. The predicted molar refractivity (Wildman–Crippen MR) is 78.1 cm³/mol. The molecule has 0 saturated carbocycles. The van der Waals surface area contributed by atoms with Gasteiger partial charge < -0.3 is 20.1 Å². The number of hydrogen-bond acceptors (Lipinski definition) is 6. The fraction of sp³-hybridized carbons (Fsp3) is 0.571. The van der Waals surface area contributed by atoms with E-state index in [1.54, 1.807) is 6.07 Å². The van der Waals surface area contributed by atoms with Gasteiger partial charge in [0, 0.05) is 25.2 Å². The Morgan fingerprint density at radius 1 is 1.38 bits per heavy atom. The minimum Gasteiger partial charge on any atom is -0.486 e. The molecule has 0 amide bonds. The number of nitrogens with two attached hydrogens (primary N) is 1. The second-order valence-corrected chi connectivity index (χ2v) is 5.60. The van der Waals surface area contributed by atoms with Crippen molar-refractivity contribution in [3.05, 3.63) is 22.2 Å². The van der Waals surface area contributed by atoms with Gasteiger partial charge in [-0.25, -0.2) is 0 Å². The van der Waals surface area contributed by atoms with Crippen molar-refractivity contribution in [3.63, 3.8) is 0 Å². The van der Waals surface area contributed by atoms with Crippen LogP contribution in [0.25, 0.3) is 0 Å². The Morgan fingerprint density at radius 2 is 2.05 bits per heavy atom. The predicted octanol–water partition coefficient (Wildman–Crippen LogP) is 1.54. The van der Waals surface area contributed by atoms with E-state index >= 15 is 0 Å². The molecule has 2 atom stereocenters. The quantitative estimate of drug-likeness (QED) is 0.671. The first-order valence-electron chi connectivity index (χ1n) is 7.15. The summed E-state index contributed by atoms with van der Waals surface area (Å²) in [6.07, 6.45) is 0.948. The lowest BCUT2D eigenvalue weighted by Crippen LogP contribution is -2.30. The first-order valence-corrected chi connectivity index (χ1v) is 7.15. The highest BCUT2D eigenvalue weighted by atomic mass is 16.6. The molecule has 2 heterocycles. The van der Waals surface area contributed by atoms with Crippen LogP contribution in [0.15, 0.2) is 12.1 Å². The van der Waals surface area contributed by atoms with Crippen LogP contribution in [0.4, 0.5) is 11.4 Å². The lowest BCUT2D eigenvalue weighted by Gasteiger charge is -2.23. The van der Waals surface area contributed by atoms with Crippen LogP contribution in [0.5, 0.6) is 11.5 Å². The van der Waals surface area contributed by atoms with Crippen LogP contribution < -0.4 is 20.1 Å². The summed E-state index contributed by atoms with van der Waals surface area (Å²) in [6, 6.07) is 3.27. The molecule has 2 aliphatic rings. The zero-order valence-electron chi connectivity index (χ0n) is 11.9. The third-order valence-electron chi connectivity index (χ3n) is 4.15. The van der Waals surface area contributed by atoms with Crippen molar-refractivity contribution in [2.45, 2.75) is 19.4 Å². The van der Waals surface area contributed by atoms with E-state index in [0.29, 0.717) is 36.3 Å². The second kappa shape index (κ2) is 5.40. The number of hydrogen-bond donors (Lipinski definition) is 1. The average Bonchev–Trinajstić information content (AvgIpc) is 2.95. The maximum absolute atomic E-state index is 11.3. The van der Waals surface area contributed by atoms with Crippen molar-refractivity contribution in [3.8, 4) is 11.5 Å². The van der Waals surface area contributed by atoms with E-state index in [1.807, 2.05) is 11.8 Å². The molecule has 0 spiro atoms. The minimum atomic E-state index is -0.368. The van der Waals surface area contributed by atoms with Gasteiger partial charge in [-0.2, -0.15) is 0 Å². The monoisotopic (exact) mass is 293 g/mol. The molecule has 1 aromatic rings. The van der Waals surface area contributed by atoms with E-state index in [0.717, 1.165) is 19.5 Å². The van der Waals surface area contributed by atoms with Crippen LogP contribution >= 0.6 is 0 Å². The number of nitro benzene ring substituents is 1. The minimum absolute atomic E-state index is 0.0598. The molecule has 21 heavy (non-hydrogen) atoms. The van der Waals surface area contributed by atoms with Crippen LogP contribution in [0.3, 0.4) is 0 Å². The summed E-state index contributed by atoms with van der Waals surface area (Å²) in [5.41, 5.74) is 6.59. The van der Waals surface area contributed by atoms with Crippen molar-refractivity contribution in [2.24, 2.45) is 11.7 Å². The van der Waals surface area contributed by atoms with Gasteiger partial charge in [-0.1, -0.05) is 0 Å². The van der Waals surface area contributed by atoms with Crippen LogP contribution in [-0.4, -0.2) is 37.3 Å². The molecule has 7 heteroatoms. The number of ether oxygens (including phenoxy) is 2. The van der Waals surface area contributed by atoms with E-state index in [-0.39, 0.29) is 16.7 Å². The maximum Gasteiger partial charge on any atom is 0.296 e. The zero-order chi connectivity index (χ0) is 15.0. The number of nitro groups is 1. The highest BCUT2D eigenvalue weighted by molar-refractivity contribution is 5.70. The highest BCUT2D eigenvalue weighted by Crippen LogP contribution is 2.42. The number of benzene rings is 1. The van der Waals surface area contributed by atoms with Crippen LogP contribution in [0.2, 0.25) is 0 Å². The van der Waals surface area contributed by atoms with Crippen molar-refractivity contribution in [1.82, 2.24) is 0 Å². The van der Waals surface area contributed by atoms with Gasteiger partial charge in [0.05, 0.1) is 11.0 Å². The van der Waals surface area contributed by atoms with E-state index < -0.39 is 0 Å². The molecule has 1 aromatic carbocycles. The summed E-state index contributed by atoms with van der Waals surface area (Å²) in [5.74, 6) is 1.38. The molecule has 114 valence electrons. The molecule has 0 aliphatic carbocycles. The summed E-state index contributed by atoms with van der Waals surface area (Å²) in [4.78, 5) is 13.0. The third-order valence-corrected chi connectivity index (χ3v) is 4.15. The summed E-state index contributed by atoms with van der Waals surface area (Å²) in [6.45, 7) is 4.36. The first-order chi connectivity index (χ1) is 10.1. The van der Waals surface area contributed by atoms with Crippen LogP contribution in [-0.2, 0) is 0 Å². The topological polar surface area (TPSA) is 90.9 Å². The molecule has 1 fully saturated rings. The Morgan fingerprint density at radius 3 is 2.62 bits per heavy atom. The highest BCUT2D eigenvalue weighted by Gasteiger charge is 2.31. The molecule has 1 saturated heterocycles. The first kappa shape index (κ1) is 13.9. The van der Waals surface area contributed by atoms with Crippen LogP contribution in [0.1, 0.15) is 13.3 Å². The van der Waals surface area contributed by atoms with Crippen molar-refractivity contribution < 1.29 is 14.4 Å². The second-order valence-electron chi connectivity index (χ2n) is 5.60. The van der Waals surface area contributed by atoms with Gasteiger partial charge in [-0.05, 0) is 19.3 Å². The average molecular weight is 293 g/mol. The Kier molecular flexibility index (Phi) is 3.59. The molecule has 2 unspecified atom stereocenters. The summed E-state index contributed by atoms with van der Waals surface area (Å²) < 4.78 is 11.0. The molecule has 2 N–H and O–H groups in total. The molecule has 0 bridgehead atoms. The normalized spacial score (nSPS) is 22.2. The Hall–Kier alpha value is -2.02.